The molecule has 0 amide bonds. The number of likely N-dealkylation sites (N-methyl/N-ethyl adjacent to an activating group) is 1. The summed E-state index contributed by atoms with van der Waals surface area (Å²) < 4.78 is 4.93. The van der Waals surface area contributed by atoms with Gasteiger partial charge in [0.15, 0.2) is 0 Å². The maximum Gasteiger partial charge on any atom is 0.0626 e. The van der Waals surface area contributed by atoms with Crippen molar-refractivity contribution in [2.45, 2.75) is 25.9 Å². The van der Waals surface area contributed by atoms with E-state index in [1.807, 2.05) is 0 Å². The maximum absolute atomic E-state index is 5.76. The van der Waals surface area contributed by atoms with Gasteiger partial charge in [0.25, 0.3) is 0 Å². The molecule has 0 fully saturated rings. The molecule has 68 valence electrons. The van der Waals surface area contributed by atoms with Crippen LogP contribution in [0.3, 0.4) is 0 Å². The molecule has 0 saturated heterocycles. The summed E-state index contributed by atoms with van der Waals surface area (Å²) in [4.78, 5) is 2.21. The van der Waals surface area contributed by atoms with Gasteiger partial charge in [0, 0.05) is 25.7 Å². The Balaban J connectivity index is 3.48. The fourth-order valence-corrected chi connectivity index (χ4v) is 0.848. The van der Waals surface area contributed by atoms with E-state index in [1.54, 1.807) is 7.11 Å². The molecule has 0 rings (SSSR count). The maximum atomic E-state index is 5.76. The van der Waals surface area contributed by atoms with Gasteiger partial charge in [-0.05, 0) is 20.9 Å². The smallest absolute Gasteiger partial charge is 0.0626 e. The van der Waals surface area contributed by atoms with Crippen LogP contribution in [0.2, 0.25) is 0 Å². The van der Waals surface area contributed by atoms with Gasteiger partial charge < -0.3 is 15.4 Å². The second kappa shape index (κ2) is 5.52. The predicted molar refractivity (Wildman–Crippen MR) is 47.6 cm³/mol. The highest BCUT2D eigenvalue weighted by atomic mass is 16.5. The van der Waals surface area contributed by atoms with Crippen LogP contribution < -0.4 is 5.73 Å². The van der Waals surface area contributed by atoms with E-state index in [1.165, 1.54) is 0 Å². The number of ether oxygens (including phenoxy) is 1. The largest absolute Gasteiger partial charge is 0.383 e. The van der Waals surface area contributed by atoms with Crippen molar-refractivity contribution in [3.63, 3.8) is 0 Å². The second-order valence-corrected chi connectivity index (χ2v) is 3.25. The first-order valence-corrected chi connectivity index (χ1v) is 4.02. The Morgan fingerprint density at radius 3 is 2.36 bits per heavy atom. The molecule has 0 aliphatic heterocycles. The van der Waals surface area contributed by atoms with E-state index in [0.717, 1.165) is 6.54 Å². The predicted octanol–water partition coefficient (Wildman–Crippen LogP) is 0.300. The normalized spacial score (nSPS) is 14.5. The van der Waals surface area contributed by atoms with Gasteiger partial charge in [-0.3, -0.25) is 0 Å². The fraction of sp³-hybridized carbons (Fsp3) is 1.00. The van der Waals surface area contributed by atoms with Crippen LogP contribution in [0, 0.1) is 0 Å². The molecule has 0 bridgehead atoms. The van der Waals surface area contributed by atoms with Gasteiger partial charge >= 0.3 is 0 Å². The molecule has 0 aromatic heterocycles. The Bertz CT molecular complexity index is 96.1. The summed E-state index contributed by atoms with van der Waals surface area (Å²) in [6.07, 6.45) is 0. The molecule has 11 heavy (non-hydrogen) atoms. The molecular formula is C8H20N2O. The van der Waals surface area contributed by atoms with Gasteiger partial charge in [0.1, 0.15) is 0 Å². The van der Waals surface area contributed by atoms with Crippen LogP contribution in [0.25, 0.3) is 0 Å². The number of methoxy groups -OCH3 is 1. The summed E-state index contributed by atoms with van der Waals surface area (Å²) in [5.74, 6) is 0. The Morgan fingerprint density at radius 1 is 1.45 bits per heavy atom. The van der Waals surface area contributed by atoms with Crippen molar-refractivity contribution in [2.75, 3.05) is 27.3 Å². The zero-order valence-corrected chi connectivity index (χ0v) is 8.00. The summed E-state index contributed by atoms with van der Waals surface area (Å²) in [6, 6.07) is 0.685. The molecule has 2 N–H and O–H groups in total. The van der Waals surface area contributed by atoms with Gasteiger partial charge in [-0.25, -0.2) is 0 Å². The molecule has 0 aliphatic rings. The number of rotatable bonds is 5. The summed E-state index contributed by atoms with van der Waals surface area (Å²) in [5, 5.41) is 0. The molecule has 3 nitrogen and oxygen atoms in total. The molecule has 0 aliphatic carbocycles. The molecule has 0 aromatic rings. The van der Waals surface area contributed by atoms with Crippen molar-refractivity contribution in [3.05, 3.63) is 0 Å². The summed E-state index contributed by atoms with van der Waals surface area (Å²) in [7, 11) is 3.75. The van der Waals surface area contributed by atoms with Crippen molar-refractivity contribution in [1.82, 2.24) is 4.90 Å². The average Bonchev–Trinajstić information content (AvgIpc) is 1.87. The fourth-order valence-electron chi connectivity index (χ4n) is 0.848. The highest BCUT2D eigenvalue weighted by Gasteiger charge is 2.08. The third-order valence-corrected chi connectivity index (χ3v) is 1.78. The van der Waals surface area contributed by atoms with Crippen LogP contribution in [-0.2, 0) is 4.74 Å². The Labute approximate surface area is 69.5 Å². The number of hydrogen-bond acceptors (Lipinski definition) is 3. The second-order valence-electron chi connectivity index (χ2n) is 3.25. The van der Waals surface area contributed by atoms with E-state index < -0.39 is 0 Å². The van der Waals surface area contributed by atoms with Gasteiger partial charge in [-0.1, -0.05) is 0 Å². The van der Waals surface area contributed by atoms with E-state index in [9.17, 15) is 0 Å². The standard InChI is InChI=1S/C8H20N2O/c1-7(2)10(3)5-8(9)6-11-4/h7-8H,5-6,9H2,1-4H3. The first kappa shape index (κ1) is 10.9. The highest BCUT2D eigenvalue weighted by Crippen LogP contribution is 1.94. The van der Waals surface area contributed by atoms with Crippen molar-refractivity contribution >= 4 is 0 Å². The van der Waals surface area contributed by atoms with Crippen molar-refractivity contribution in [2.24, 2.45) is 5.73 Å². The van der Waals surface area contributed by atoms with E-state index in [4.69, 9.17) is 10.5 Å². The van der Waals surface area contributed by atoms with Crippen molar-refractivity contribution < 1.29 is 4.74 Å². The molecule has 0 heterocycles. The lowest BCUT2D eigenvalue weighted by molar-refractivity contribution is 0.153. The average molecular weight is 160 g/mol. The molecule has 0 spiro atoms. The number of nitrogens with two attached hydrogens (primary N) is 1. The van der Waals surface area contributed by atoms with Gasteiger partial charge in [0.05, 0.1) is 6.61 Å². The molecule has 0 aromatic carbocycles. The first-order chi connectivity index (χ1) is 5.07. The molecule has 1 atom stereocenters. The van der Waals surface area contributed by atoms with Crippen LogP contribution in [0.15, 0.2) is 0 Å². The lowest BCUT2D eigenvalue weighted by atomic mass is 10.2. The zero-order valence-electron chi connectivity index (χ0n) is 8.00. The summed E-state index contributed by atoms with van der Waals surface area (Å²) >= 11 is 0. The van der Waals surface area contributed by atoms with Crippen LogP contribution in [0.5, 0.6) is 0 Å². The van der Waals surface area contributed by atoms with E-state index in [2.05, 4.69) is 25.8 Å². The minimum atomic E-state index is 0.132. The quantitative estimate of drug-likeness (QED) is 0.628. The minimum Gasteiger partial charge on any atom is -0.383 e. The lowest BCUT2D eigenvalue weighted by Crippen LogP contribution is -2.41. The number of hydrogen-bond donors (Lipinski definition) is 1. The monoisotopic (exact) mass is 160 g/mol. The van der Waals surface area contributed by atoms with Crippen LogP contribution >= 0.6 is 0 Å². The van der Waals surface area contributed by atoms with Gasteiger partial charge in [-0.2, -0.15) is 0 Å². The molecule has 0 radical (unpaired) electrons. The third kappa shape index (κ3) is 5.18. The molecule has 0 saturated carbocycles. The van der Waals surface area contributed by atoms with Crippen molar-refractivity contribution in [1.29, 1.82) is 0 Å². The number of nitrogens with zero attached hydrogens (tertiary/aromatic N) is 1. The highest BCUT2D eigenvalue weighted by molar-refractivity contribution is 4.67. The third-order valence-electron chi connectivity index (χ3n) is 1.78. The Hall–Kier alpha value is -0.120. The van der Waals surface area contributed by atoms with Crippen LogP contribution in [0.1, 0.15) is 13.8 Å². The first-order valence-electron chi connectivity index (χ1n) is 4.02. The Kier molecular flexibility index (Phi) is 5.46. The topological polar surface area (TPSA) is 38.5 Å². The van der Waals surface area contributed by atoms with Gasteiger partial charge in [0.2, 0.25) is 0 Å². The van der Waals surface area contributed by atoms with Crippen LogP contribution in [0.4, 0.5) is 0 Å². The lowest BCUT2D eigenvalue weighted by Gasteiger charge is -2.24. The molecular weight excluding hydrogens is 140 g/mol. The SMILES string of the molecule is COCC(N)CN(C)C(C)C. The summed E-state index contributed by atoms with van der Waals surface area (Å²) in [6.45, 7) is 5.83. The summed E-state index contributed by atoms with van der Waals surface area (Å²) in [5.41, 5.74) is 5.76. The van der Waals surface area contributed by atoms with Crippen molar-refractivity contribution in [3.8, 4) is 0 Å². The molecule has 3 heteroatoms. The zero-order chi connectivity index (χ0) is 8.85. The van der Waals surface area contributed by atoms with E-state index in [0.29, 0.717) is 12.6 Å². The van der Waals surface area contributed by atoms with E-state index >= 15 is 0 Å². The Morgan fingerprint density at radius 2 is 2.00 bits per heavy atom. The van der Waals surface area contributed by atoms with Crippen LogP contribution in [-0.4, -0.2) is 44.3 Å². The van der Waals surface area contributed by atoms with E-state index in [-0.39, 0.29) is 6.04 Å². The minimum absolute atomic E-state index is 0.132. The molecule has 1 unspecified atom stereocenters. The van der Waals surface area contributed by atoms with Gasteiger partial charge in [-0.15, -0.1) is 0 Å².